The Balaban J connectivity index is 2.39. The molecule has 0 aromatic carbocycles. The quantitative estimate of drug-likeness (QED) is 0.827. The third-order valence-electron chi connectivity index (χ3n) is 4.38. The number of carboxylic acid groups (broad SMARTS) is 1. The number of aliphatic carboxylic acids is 1. The zero-order valence-electron chi connectivity index (χ0n) is 12.3. The molecule has 1 heterocycles. The van der Waals surface area contributed by atoms with Crippen molar-refractivity contribution in [1.29, 1.82) is 0 Å². The number of rotatable bonds is 6. The Morgan fingerprint density at radius 1 is 1.55 bits per heavy atom. The van der Waals surface area contributed by atoms with E-state index in [9.17, 15) is 9.90 Å². The van der Waals surface area contributed by atoms with Crippen LogP contribution < -0.4 is 10.5 Å². The molecular weight excluding hydrogens is 256 g/mol. The van der Waals surface area contributed by atoms with Crippen LogP contribution in [-0.2, 0) is 11.2 Å². The van der Waals surface area contributed by atoms with E-state index in [4.69, 9.17) is 10.5 Å². The lowest BCUT2D eigenvalue weighted by atomic mass is 9.77. The number of aromatic nitrogens is 1. The van der Waals surface area contributed by atoms with Gasteiger partial charge in [0.15, 0.2) is 0 Å². The molecule has 0 aliphatic heterocycles. The first kappa shape index (κ1) is 14.8. The Labute approximate surface area is 119 Å². The van der Waals surface area contributed by atoms with Crippen LogP contribution in [0.1, 0.15) is 29.7 Å². The monoisotopic (exact) mass is 278 g/mol. The van der Waals surface area contributed by atoms with Crippen molar-refractivity contribution in [2.75, 3.05) is 13.7 Å². The second kappa shape index (κ2) is 5.40. The molecule has 110 valence electrons. The number of hydrogen-bond donors (Lipinski definition) is 2. The van der Waals surface area contributed by atoms with E-state index in [0.717, 1.165) is 35.4 Å². The first-order chi connectivity index (χ1) is 9.46. The standard InChI is InChI=1S/C15H22N2O3/c1-9-7-17-12(10(2)13(9)20-3)6-15(8-16,14(18)19)11-4-5-11/h7,11H,4-6,8,16H2,1-3H3,(H,18,19). The summed E-state index contributed by atoms with van der Waals surface area (Å²) in [7, 11) is 1.62. The van der Waals surface area contributed by atoms with Crippen LogP contribution in [0.4, 0.5) is 0 Å². The highest BCUT2D eigenvalue weighted by molar-refractivity contribution is 5.76. The van der Waals surface area contributed by atoms with Gasteiger partial charge in [-0.2, -0.15) is 0 Å². The van der Waals surface area contributed by atoms with E-state index in [1.165, 1.54) is 0 Å². The molecule has 5 nitrogen and oxygen atoms in total. The Morgan fingerprint density at radius 3 is 2.65 bits per heavy atom. The van der Waals surface area contributed by atoms with Crippen molar-refractivity contribution in [2.24, 2.45) is 17.1 Å². The number of nitrogens with zero attached hydrogens (tertiary/aromatic N) is 1. The molecule has 1 aromatic heterocycles. The molecule has 5 heteroatoms. The number of nitrogens with two attached hydrogens (primary N) is 1. The molecule has 0 bridgehead atoms. The Kier molecular flexibility index (Phi) is 3.99. The van der Waals surface area contributed by atoms with E-state index in [2.05, 4.69) is 4.98 Å². The second-order valence-corrected chi connectivity index (χ2v) is 5.66. The second-order valence-electron chi connectivity index (χ2n) is 5.66. The van der Waals surface area contributed by atoms with Crippen LogP contribution in [0.15, 0.2) is 6.20 Å². The van der Waals surface area contributed by atoms with Crippen molar-refractivity contribution < 1.29 is 14.6 Å². The Morgan fingerprint density at radius 2 is 2.20 bits per heavy atom. The molecule has 0 radical (unpaired) electrons. The Bertz CT molecular complexity index is 526. The smallest absolute Gasteiger partial charge is 0.311 e. The summed E-state index contributed by atoms with van der Waals surface area (Å²) < 4.78 is 5.38. The molecule has 0 amide bonds. The topological polar surface area (TPSA) is 85.4 Å². The van der Waals surface area contributed by atoms with Crippen molar-refractivity contribution >= 4 is 5.97 Å². The van der Waals surface area contributed by atoms with Gasteiger partial charge in [-0.05, 0) is 32.6 Å². The number of hydrogen-bond acceptors (Lipinski definition) is 4. The maximum absolute atomic E-state index is 11.7. The van der Waals surface area contributed by atoms with Gasteiger partial charge in [-0.15, -0.1) is 0 Å². The molecule has 1 saturated carbocycles. The number of carbonyl (C=O) groups is 1. The van der Waals surface area contributed by atoms with Crippen LogP contribution in [0.25, 0.3) is 0 Å². The summed E-state index contributed by atoms with van der Waals surface area (Å²) in [4.78, 5) is 16.1. The molecule has 20 heavy (non-hydrogen) atoms. The van der Waals surface area contributed by atoms with Crippen molar-refractivity contribution in [1.82, 2.24) is 4.98 Å². The molecule has 0 spiro atoms. The highest BCUT2D eigenvalue weighted by Gasteiger charge is 2.50. The Hall–Kier alpha value is -1.62. The fraction of sp³-hybridized carbons (Fsp3) is 0.600. The van der Waals surface area contributed by atoms with Gasteiger partial charge >= 0.3 is 5.97 Å². The zero-order valence-corrected chi connectivity index (χ0v) is 12.3. The van der Waals surface area contributed by atoms with Crippen LogP contribution in [0.3, 0.4) is 0 Å². The molecule has 0 saturated heterocycles. The number of pyridine rings is 1. The normalized spacial score (nSPS) is 17.6. The SMILES string of the molecule is COc1c(C)cnc(CC(CN)(C(=O)O)C2CC2)c1C. The van der Waals surface area contributed by atoms with Crippen LogP contribution in [0, 0.1) is 25.2 Å². The minimum absolute atomic E-state index is 0.143. The maximum atomic E-state index is 11.7. The zero-order chi connectivity index (χ0) is 14.9. The highest BCUT2D eigenvalue weighted by Crippen LogP contribution is 2.47. The number of ether oxygens (including phenoxy) is 1. The third-order valence-corrected chi connectivity index (χ3v) is 4.38. The number of methoxy groups -OCH3 is 1. The average molecular weight is 278 g/mol. The van der Waals surface area contributed by atoms with Crippen LogP contribution >= 0.6 is 0 Å². The van der Waals surface area contributed by atoms with Crippen molar-refractivity contribution in [2.45, 2.75) is 33.1 Å². The molecule has 3 N–H and O–H groups in total. The fourth-order valence-electron chi connectivity index (χ4n) is 2.90. The highest BCUT2D eigenvalue weighted by atomic mass is 16.5. The molecule has 1 atom stereocenters. The summed E-state index contributed by atoms with van der Waals surface area (Å²) in [6.45, 7) is 3.99. The summed E-state index contributed by atoms with van der Waals surface area (Å²) in [5, 5.41) is 9.63. The lowest BCUT2D eigenvalue weighted by Gasteiger charge is -2.28. The van der Waals surface area contributed by atoms with E-state index >= 15 is 0 Å². The first-order valence-corrected chi connectivity index (χ1v) is 6.88. The molecule has 1 fully saturated rings. The van der Waals surface area contributed by atoms with Gasteiger partial charge in [0.25, 0.3) is 0 Å². The minimum atomic E-state index is -0.891. The molecule has 1 aromatic rings. The van der Waals surface area contributed by atoms with Crippen molar-refractivity contribution in [3.63, 3.8) is 0 Å². The van der Waals surface area contributed by atoms with Gasteiger partial charge < -0.3 is 15.6 Å². The minimum Gasteiger partial charge on any atom is -0.496 e. The largest absolute Gasteiger partial charge is 0.496 e. The molecule has 1 unspecified atom stereocenters. The van der Waals surface area contributed by atoms with Crippen LogP contribution in [0.5, 0.6) is 5.75 Å². The van der Waals surface area contributed by atoms with E-state index in [1.54, 1.807) is 13.3 Å². The molecule has 2 rings (SSSR count). The van der Waals surface area contributed by atoms with Crippen LogP contribution in [-0.4, -0.2) is 29.7 Å². The van der Waals surface area contributed by atoms with Crippen LogP contribution in [0.2, 0.25) is 0 Å². The van der Waals surface area contributed by atoms with Gasteiger partial charge in [-0.3, -0.25) is 9.78 Å². The van der Waals surface area contributed by atoms with E-state index in [1.807, 2.05) is 13.8 Å². The summed E-state index contributed by atoms with van der Waals surface area (Å²) >= 11 is 0. The maximum Gasteiger partial charge on any atom is 0.311 e. The van der Waals surface area contributed by atoms with Gasteiger partial charge in [0.05, 0.1) is 12.5 Å². The summed E-state index contributed by atoms with van der Waals surface area (Å²) in [6.07, 6.45) is 3.97. The van der Waals surface area contributed by atoms with Gasteiger partial charge in [-0.25, -0.2) is 0 Å². The van der Waals surface area contributed by atoms with E-state index in [-0.39, 0.29) is 12.5 Å². The summed E-state index contributed by atoms with van der Waals surface area (Å²) in [5.74, 6) is 0.129. The number of carboxylic acids is 1. The third kappa shape index (κ3) is 2.38. The van der Waals surface area contributed by atoms with Crippen molar-refractivity contribution in [3.8, 4) is 5.75 Å². The molecule has 1 aliphatic rings. The molecular formula is C15H22N2O3. The lowest BCUT2D eigenvalue weighted by molar-refractivity contribution is -0.149. The predicted octanol–water partition coefficient (Wildman–Crippen LogP) is 1.69. The first-order valence-electron chi connectivity index (χ1n) is 6.88. The molecule has 1 aliphatic carbocycles. The average Bonchev–Trinajstić information content (AvgIpc) is 3.23. The fourth-order valence-corrected chi connectivity index (χ4v) is 2.90. The predicted molar refractivity (Wildman–Crippen MR) is 75.8 cm³/mol. The van der Waals surface area contributed by atoms with Crippen molar-refractivity contribution in [3.05, 3.63) is 23.0 Å². The lowest BCUT2D eigenvalue weighted by Crippen LogP contribution is -2.43. The van der Waals surface area contributed by atoms with Gasteiger partial charge in [-0.1, -0.05) is 0 Å². The van der Waals surface area contributed by atoms with E-state index < -0.39 is 11.4 Å². The van der Waals surface area contributed by atoms with Gasteiger partial charge in [0.1, 0.15) is 5.75 Å². The summed E-state index contributed by atoms with van der Waals surface area (Å²) in [6, 6.07) is 0. The summed E-state index contributed by atoms with van der Waals surface area (Å²) in [5.41, 5.74) is 7.55. The van der Waals surface area contributed by atoms with E-state index in [0.29, 0.717) is 6.42 Å². The van der Waals surface area contributed by atoms with Gasteiger partial charge in [0, 0.05) is 36.0 Å². The van der Waals surface area contributed by atoms with Gasteiger partial charge in [0.2, 0.25) is 0 Å². The number of aryl methyl sites for hydroxylation is 1.